The summed E-state index contributed by atoms with van der Waals surface area (Å²) < 4.78 is 50.5. The first-order valence-corrected chi connectivity index (χ1v) is 29.4. The lowest BCUT2D eigenvalue weighted by Gasteiger charge is -2.42. The van der Waals surface area contributed by atoms with Crippen LogP contribution in [0.15, 0.2) is 0 Å². The Morgan fingerprint density at radius 2 is 0.744 bits per heavy atom. The van der Waals surface area contributed by atoms with Crippen molar-refractivity contribution in [2.24, 2.45) is 11.8 Å². The third-order valence-electron chi connectivity index (χ3n) is 15.3. The Balaban J connectivity index is 1.35. The van der Waals surface area contributed by atoms with E-state index in [4.69, 9.17) is 42.6 Å². The van der Waals surface area contributed by atoms with Crippen LogP contribution in [0.2, 0.25) is 0 Å². The third-order valence-corrected chi connectivity index (χ3v) is 15.3. The molecule has 4 fully saturated rings. The molecule has 496 valence electrons. The van der Waals surface area contributed by atoms with Gasteiger partial charge in [0.25, 0.3) is 0 Å². The van der Waals surface area contributed by atoms with Gasteiger partial charge in [0.15, 0.2) is 18.9 Å². The van der Waals surface area contributed by atoms with Crippen LogP contribution >= 0.6 is 0 Å². The van der Waals surface area contributed by atoms with E-state index in [2.05, 4.69) is 44.1 Å². The number of carbonyl (C=O) groups excluding carboxylic acids is 7. The smallest absolute Gasteiger partial charge is 0.223 e. The van der Waals surface area contributed by atoms with Gasteiger partial charge in [0, 0.05) is 71.1 Å². The zero-order valence-corrected chi connectivity index (χ0v) is 49.5. The molecule has 32 nitrogen and oxygen atoms in total. The highest BCUT2D eigenvalue weighted by Gasteiger charge is 2.48. The van der Waals surface area contributed by atoms with Crippen molar-refractivity contribution in [3.05, 3.63) is 0 Å². The van der Waals surface area contributed by atoms with E-state index in [1.54, 1.807) is 0 Å². The first kappa shape index (κ1) is 74.0. The van der Waals surface area contributed by atoms with E-state index in [0.717, 1.165) is 12.8 Å². The Hall–Kier alpha value is -4.43. The molecule has 86 heavy (non-hydrogen) atoms. The standard InChI is InChI=1S/C54H95N7O25/c1-30-5-7-34(8-6-30)50(77)61-54(12-9-38(68)55-15-18-78-21-24-81-51-41(58-31(2)65)47(74)44(71)35(27-62)84-51,13-10-39(69)56-16-19-79-22-25-82-52-42(59-32(3)66)48(75)45(72)36(28-63)85-52)14-11-40(70)57-17-20-80-23-26-83-53-43(60-33(4)67)49(76)46(73)37(29-64)86-53/h30,34-37,41-49,51-53,62-64,71-76H,5-29H2,1-4H3,(H,55,68)(H,56,69)(H,57,70)(H,58,65)(H,59,66)(H,60,67)(H,61,77). The molecule has 0 aromatic heterocycles. The Morgan fingerprint density at radius 1 is 0.442 bits per heavy atom. The quantitative estimate of drug-likeness (QED) is 0.0256. The Labute approximate surface area is 499 Å². The summed E-state index contributed by atoms with van der Waals surface area (Å²) in [7, 11) is 0. The molecule has 1 aliphatic carbocycles. The average molecular weight is 1240 g/mol. The maximum absolute atomic E-state index is 14.2. The van der Waals surface area contributed by atoms with Gasteiger partial charge in [-0.15, -0.1) is 0 Å². The van der Waals surface area contributed by atoms with E-state index in [1.807, 2.05) is 0 Å². The molecule has 3 heterocycles. The summed E-state index contributed by atoms with van der Waals surface area (Å²) >= 11 is 0. The monoisotopic (exact) mass is 1240 g/mol. The Kier molecular flexibility index (Phi) is 33.5. The number of rotatable bonds is 38. The van der Waals surface area contributed by atoms with Gasteiger partial charge >= 0.3 is 0 Å². The van der Waals surface area contributed by atoms with Crippen molar-refractivity contribution in [3.8, 4) is 0 Å². The molecule has 7 amide bonds. The van der Waals surface area contributed by atoms with Gasteiger partial charge in [0.2, 0.25) is 41.4 Å². The SMILES string of the molecule is CC(=O)NC1C(OCCOCCNC(=O)CCC(CCC(=O)NCCOCCOC2OC(CO)C(O)C(O)C2NC(C)=O)(CCC(=O)NCCOCCOC2OC(CO)C(O)C(O)C2NC(C)=O)NC(=O)C2CCC(C)CC2)OC(CO)C(O)C1O. The Morgan fingerprint density at radius 3 is 1.02 bits per heavy atom. The largest absolute Gasteiger partial charge is 0.394 e. The van der Waals surface area contributed by atoms with Crippen LogP contribution in [0.5, 0.6) is 0 Å². The number of ether oxygens (including phenoxy) is 9. The van der Waals surface area contributed by atoms with Gasteiger partial charge in [-0.25, -0.2) is 0 Å². The molecule has 3 saturated heterocycles. The molecular weight excluding hydrogens is 1150 g/mol. The van der Waals surface area contributed by atoms with Crippen molar-refractivity contribution in [2.75, 3.05) is 98.9 Å². The fourth-order valence-electron chi connectivity index (χ4n) is 10.4. The zero-order valence-electron chi connectivity index (χ0n) is 49.5. The van der Waals surface area contributed by atoms with Gasteiger partial charge in [-0.2, -0.15) is 0 Å². The lowest BCUT2D eigenvalue weighted by Crippen LogP contribution is -2.64. The van der Waals surface area contributed by atoms with Gasteiger partial charge in [0.05, 0.1) is 79.3 Å². The molecule has 3 aliphatic heterocycles. The van der Waals surface area contributed by atoms with Crippen molar-refractivity contribution < 1.29 is 122 Å². The average Bonchev–Trinajstić information content (AvgIpc) is 1.77. The summed E-state index contributed by atoms with van der Waals surface area (Å²) in [4.78, 5) is 90.0. The van der Waals surface area contributed by atoms with Gasteiger partial charge < -0.3 is 126 Å². The van der Waals surface area contributed by atoms with Crippen LogP contribution in [0.3, 0.4) is 0 Å². The summed E-state index contributed by atoms with van der Waals surface area (Å²) in [5.74, 6) is -3.01. The van der Waals surface area contributed by atoms with Crippen LogP contribution in [-0.2, 0) is 76.2 Å². The minimum Gasteiger partial charge on any atom is -0.394 e. The summed E-state index contributed by atoms with van der Waals surface area (Å²) in [6.45, 7) is 3.74. The molecule has 4 rings (SSSR count). The van der Waals surface area contributed by atoms with Crippen LogP contribution in [-0.4, -0.2) is 284 Å². The second-order valence-electron chi connectivity index (χ2n) is 22.0. The van der Waals surface area contributed by atoms with Crippen LogP contribution in [0, 0.1) is 11.8 Å². The lowest BCUT2D eigenvalue weighted by atomic mass is 9.79. The van der Waals surface area contributed by atoms with Crippen LogP contribution < -0.4 is 37.2 Å². The molecule has 1 saturated carbocycles. The topological polar surface area (TPSA) is 469 Å². The van der Waals surface area contributed by atoms with Crippen molar-refractivity contribution in [3.63, 3.8) is 0 Å². The number of aliphatic hydroxyl groups excluding tert-OH is 9. The van der Waals surface area contributed by atoms with E-state index in [9.17, 15) is 79.5 Å². The van der Waals surface area contributed by atoms with E-state index < -0.39 is 153 Å². The minimum absolute atomic E-state index is 0.0186. The molecule has 0 aromatic carbocycles. The zero-order chi connectivity index (χ0) is 63.3. The molecule has 4 aliphatic rings. The molecule has 32 heteroatoms. The summed E-state index contributed by atoms with van der Waals surface area (Å²) in [5, 5.41) is 110. The van der Waals surface area contributed by atoms with Gasteiger partial charge in [-0.1, -0.05) is 6.92 Å². The predicted molar refractivity (Wildman–Crippen MR) is 295 cm³/mol. The normalized spacial score (nSPS) is 30.9. The summed E-state index contributed by atoms with van der Waals surface area (Å²) in [5.41, 5.74) is -1.25. The molecule has 0 radical (unpaired) electrons. The van der Waals surface area contributed by atoms with E-state index >= 15 is 0 Å². The Bertz CT molecular complexity index is 1870. The molecule has 0 aromatic rings. The highest BCUT2D eigenvalue weighted by Crippen LogP contribution is 2.32. The maximum Gasteiger partial charge on any atom is 0.223 e. The lowest BCUT2D eigenvalue weighted by molar-refractivity contribution is -0.272. The predicted octanol–water partition coefficient (Wildman–Crippen LogP) is -6.71. The second kappa shape index (κ2) is 38.9. The maximum atomic E-state index is 14.2. The van der Waals surface area contributed by atoms with Gasteiger partial charge in [-0.3, -0.25) is 33.6 Å². The molecule has 0 spiro atoms. The van der Waals surface area contributed by atoms with Crippen LogP contribution in [0.4, 0.5) is 0 Å². The number of amides is 7. The van der Waals surface area contributed by atoms with Crippen molar-refractivity contribution in [2.45, 2.75) is 189 Å². The van der Waals surface area contributed by atoms with E-state index in [-0.39, 0.29) is 129 Å². The fourth-order valence-corrected chi connectivity index (χ4v) is 10.4. The highest BCUT2D eigenvalue weighted by molar-refractivity contribution is 5.81. The van der Waals surface area contributed by atoms with Crippen molar-refractivity contribution in [1.29, 1.82) is 0 Å². The van der Waals surface area contributed by atoms with Crippen molar-refractivity contribution in [1.82, 2.24) is 37.2 Å². The van der Waals surface area contributed by atoms with E-state index in [1.165, 1.54) is 20.8 Å². The number of aliphatic hydroxyl groups is 9. The van der Waals surface area contributed by atoms with Gasteiger partial charge in [-0.05, 0) is 50.9 Å². The minimum atomic E-state index is -1.50. The van der Waals surface area contributed by atoms with Crippen molar-refractivity contribution >= 4 is 41.4 Å². The number of carbonyl (C=O) groups is 7. The first-order chi connectivity index (χ1) is 41.0. The molecule has 16 N–H and O–H groups in total. The molecule has 15 unspecified atom stereocenters. The van der Waals surface area contributed by atoms with Gasteiger partial charge in [0.1, 0.15) is 73.1 Å². The first-order valence-electron chi connectivity index (χ1n) is 29.4. The molecule has 15 atom stereocenters. The summed E-state index contributed by atoms with van der Waals surface area (Å²) in [6, 6.07) is -3.43. The number of nitrogens with one attached hydrogen (secondary N) is 7. The third kappa shape index (κ3) is 24.9. The van der Waals surface area contributed by atoms with E-state index in [0.29, 0.717) is 18.8 Å². The van der Waals surface area contributed by atoms with Crippen LogP contribution in [0.1, 0.15) is 91.9 Å². The molecule has 0 bridgehead atoms. The number of hydrogen-bond donors (Lipinski definition) is 16. The second-order valence-corrected chi connectivity index (χ2v) is 22.0. The summed E-state index contributed by atoms with van der Waals surface area (Å²) in [6.07, 6.45) is -13.6. The fraction of sp³-hybridized carbons (Fsp3) is 0.870. The highest BCUT2D eigenvalue weighted by atomic mass is 16.7. The number of hydrogen-bond acceptors (Lipinski definition) is 25. The van der Waals surface area contributed by atoms with Crippen LogP contribution in [0.25, 0.3) is 0 Å². The molecular formula is C54H95N7O25.